The molecule has 1 aromatic rings. The molecule has 1 atom stereocenters. The third kappa shape index (κ3) is 7.11. The molecule has 146 valence electrons. The molecule has 2 rings (SSSR count). The molecule has 0 aliphatic carbocycles. The van der Waals surface area contributed by atoms with E-state index < -0.39 is 12.7 Å². The summed E-state index contributed by atoms with van der Waals surface area (Å²) < 4.78 is 36.9. The molecule has 1 aromatic carbocycles. The monoisotopic (exact) mass is 371 g/mol. The molecular weight excluding hydrogens is 343 g/mol. The van der Waals surface area contributed by atoms with Crippen LogP contribution in [0.3, 0.4) is 0 Å². The third-order valence-electron chi connectivity index (χ3n) is 4.33. The summed E-state index contributed by atoms with van der Waals surface area (Å²) in [6.07, 6.45) is -2.51. The van der Waals surface area contributed by atoms with E-state index in [9.17, 15) is 13.2 Å². The van der Waals surface area contributed by atoms with E-state index in [2.05, 4.69) is 32.7 Å². The largest absolute Gasteiger partial charge is 0.401 e. The Morgan fingerprint density at radius 1 is 1.31 bits per heavy atom. The van der Waals surface area contributed by atoms with Crippen molar-refractivity contribution < 1.29 is 13.2 Å². The van der Waals surface area contributed by atoms with Gasteiger partial charge in [-0.2, -0.15) is 13.2 Å². The van der Waals surface area contributed by atoms with Crippen molar-refractivity contribution in [3.05, 3.63) is 30.3 Å². The minimum absolute atomic E-state index is 0.300. The van der Waals surface area contributed by atoms with Gasteiger partial charge in [0.05, 0.1) is 6.54 Å². The Morgan fingerprint density at radius 3 is 2.69 bits per heavy atom. The molecule has 1 aliphatic rings. The van der Waals surface area contributed by atoms with Crippen molar-refractivity contribution in [3.8, 4) is 0 Å². The van der Waals surface area contributed by atoms with Crippen LogP contribution in [0.25, 0.3) is 0 Å². The van der Waals surface area contributed by atoms with Gasteiger partial charge in [0.25, 0.3) is 0 Å². The van der Waals surface area contributed by atoms with Gasteiger partial charge in [-0.05, 0) is 38.6 Å². The fourth-order valence-corrected chi connectivity index (χ4v) is 3.08. The molecule has 1 heterocycles. The zero-order chi connectivity index (χ0) is 19.0. The average Bonchev–Trinajstić information content (AvgIpc) is 3.05. The minimum Gasteiger partial charge on any atom is -0.369 e. The van der Waals surface area contributed by atoms with Crippen LogP contribution in [0.5, 0.6) is 0 Å². The molecule has 0 spiro atoms. The predicted octanol–water partition coefficient (Wildman–Crippen LogP) is 2.31. The Labute approximate surface area is 153 Å². The number of rotatable bonds is 7. The molecular formula is C18H28F3N5. The number of para-hydroxylation sites is 1. The summed E-state index contributed by atoms with van der Waals surface area (Å²) in [7, 11) is 3.19. The van der Waals surface area contributed by atoms with Gasteiger partial charge in [-0.1, -0.05) is 18.2 Å². The van der Waals surface area contributed by atoms with E-state index in [1.807, 2.05) is 18.2 Å². The molecule has 0 saturated carbocycles. The lowest BCUT2D eigenvalue weighted by atomic mass is 10.2. The van der Waals surface area contributed by atoms with Gasteiger partial charge in [0, 0.05) is 38.4 Å². The number of nitrogens with one attached hydrogen (secondary N) is 2. The lowest BCUT2D eigenvalue weighted by molar-refractivity contribution is -0.143. The highest BCUT2D eigenvalue weighted by Gasteiger charge is 2.28. The van der Waals surface area contributed by atoms with Crippen LogP contribution in [0.2, 0.25) is 0 Å². The number of nitrogens with zero attached hydrogens (tertiary/aromatic N) is 3. The van der Waals surface area contributed by atoms with Gasteiger partial charge in [0.2, 0.25) is 0 Å². The first-order valence-corrected chi connectivity index (χ1v) is 8.90. The fourth-order valence-electron chi connectivity index (χ4n) is 3.08. The maximum atomic E-state index is 12.3. The first-order chi connectivity index (χ1) is 12.4. The van der Waals surface area contributed by atoms with Crippen molar-refractivity contribution in [3.63, 3.8) is 0 Å². The first-order valence-electron chi connectivity index (χ1n) is 8.90. The quantitative estimate of drug-likeness (QED) is 0.439. The van der Waals surface area contributed by atoms with Crippen LogP contribution in [0.4, 0.5) is 18.9 Å². The van der Waals surface area contributed by atoms with Crippen molar-refractivity contribution in [2.75, 3.05) is 51.7 Å². The standard InChI is InChI=1S/C18H28F3N5/c1-22-17(23-10-6-11-25(2)14-18(19,20)21)24-15-9-12-26(13-15)16-7-4-3-5-8-16/h3-5,7-8,15H,6,9-14H2,1-2H3,(H2,22,23,24). The second kappa shape index (κ2) is 9.66. The summed E-state index contributed by atoms with van der Waals surface area (Å²) in [5.41, 5.74) is 1.22. The number of aliphatic imine (C=N–C) groups is 1. The first kappa shape index (κ1) is 20.4. The lowest BCUT2D eigenvalue weighted by Gasteiger charge is -2.21. The van der Waals surface area contributed by atoms with Crippen LogP contribution in [0, 0.1) is 0 Å². The van der Waals surface area contributed by atoms with E-state index in [0.717, 1.165) is 19.5 Å². The molecule has 0 bridgehead atoms. The van der Waals surface area contributed by atoms with Crippen molar-refractivity contribution in [2.24, 2.45) is 4.99 Å². The number of benzene rings is 1. The summed E-state index contributed by atoms with van der Waals surface area (Å²) >= 11 is 0. The average molecular weight is 371 g/mol. The summed E-state index contributed by atoms with van der Waals surface area (Å²) in [4.78, 5) is 7.82. The number of anilines is 1. The van der Waals surface area contributed by atoms with E-state index in [1.54, 1.807) is 7.05 Å². The molecule has 2 N–H and O–H groups in total. The molecule has 1 aliphatic heterocycles. The smallest absolute Gasteiger partial charge is 0.369 e. The summed E-state index contributed by atoms with van der Waals surface area (Å²) in [5.74, 6) is 0.698. The lowest BCUT2D eigenvalue weighted by Crippen LogP contribution is -2.45. The molecule has 1 unspecified atom stereocenters. The Kier molecular flexibility index (Phi) is 7.56. The number of guanidine groups is 1. The number of hydrogen-bond donors (Lipinski definition) is 2. The molecule has 26 heavy (non-hydrogen) atoms. The van der Waals surface area contributed by atoms with Crippen molar-refractivity contribution >= 4 is 11.6 Å². The molecule has 0 radical (unpaired) electrons. The van der Waals surface area contributed by atoms with Gasteiger partial charge in [-0.15, -0.1) is 0 Å². The Balaban J connectivity index is 1.67. The molecule has 0 aromatic heterocycles. The van der Waals surface area contributed by atoms with Crippen LogP contribution >= 0.6 is 0 Å². The zero-order valence-corrected chi connectivity index (χ0v) is 15.4. The maximum absolute atomic E-state index is 12.3. The van der Waals surface area contributed by atoms with Gasteiger partial charge >= 0.3 is 6.18 Å². The second-order valence-corrected chi connectivity index (χ2v) is 6.62. The van der Waals surface area contributed by atoms with E-state index in [-0.39, 0.29) is 0 Å². The van der Waals surface area contributed by atoms with Crippen LogP contribution in [-0.2, 0) is 0 Å². The van der Waals surface area contributed by atoms with Gasteiger partial charge in [0.15, 0.2) is 5.96 Å². The summed E-state index contributed by atoms with van der Waals surface area (Å²) in [5, 5.41) is 6.58. The van der Waals surface area contributed by atoms with Crippen LogP contribution in [0.15, 0.2) is 35.3 Å². The summed E-state index contributed by atoms with van der Waals surface area (Å²) in [6, 6.07) is 10.6. The molecule has 1 saturated heterocycles. The Bertz CT molecular complexity index is 562. The van der Waals surface area contributed by atoms with E-state index >= 15 is 0 Å². The van der Waals surface area contributed by atoms with Crippen LogP contribution < -0.4 is 15.5 Å². The predicted molar refractivity (Wildman–Crippen MR) is 99.7 cm³/mol. The van der Waals surface area contributed by atoms with Gasteiger partial charge in [-0.3, -0.25) is 9.89 Å². The van der Waals surface area contributed by atoms with Crippen molar-refractivity contribution in [1.29, 1.82) is 0 Å². The molecule has 0 amide bonds. The zero-order valence-electron chi connectivity index (χ0n) is 15.4. The molecule has 8 heteroatoms. The number of hydrogen-bond acceptors (Lipinski definition) is 3. The molecule has 1 fully saturated rings. The highest BCUT2D eigenvalue weighted by Crippen LogP contribution is 2.19. The molecule has 5 nitrogen and oxygen atoms in total. The minimum atomic E-state index is -4.15. The topological polar surface area (TPSA) is 42.9 Å². The van der Waals surface area contributed by atoms with Gasteiger partial charge < -0.3 is 15.5 Å². The van der Waals surface area contributed by atoms with Gasteiger partial charge in [0.1, 0.15) is 0 Å². The second-order valence-electron chi connectivity index (χ2n) is 6.62. The van der Waals surface area contributed by atoms with E-state index in [4.69, 9.17) is 0 Å². The van der Waals surface area contributed by atoms with Crippen LogP contribution in [-0.4, -0.2) is 69.9 Å². The van der Waals surface area contributed by atoms with E-state index in [1.165, 1.54) is 17.6 Å². The third-order valence-corrected chi connectivity index (χ3v) is 4.33. The fraction of sp³-hybridized carbons (Fsp3) is 0.611. The van der Waals surface area contributed by atoms with Crippen molar-refractivity contribution in [1.82, 2.24) is 15.5 Å². The number of halogens is 3. The maximum Gasteiger partial charge on any atom is 0.401 e. The summed E-state index contributed by atoms with van der Waals surface area (Å²) in [6.45, 7) is 1.98. The highest BCUT2D eigenvalue weighted by molar-refractivity contribution is 5.80. The Morgan fingerprint density at radius 2 is 2.04 bits per heavy atom. The van der Waals surface area contributed by atoms with E-state index in [0.29, 0.717) is 31.5 Å². The SMILES string of the molecule is CN=C(NCCCN(C)CC(F)(F)F)NC1CCN(c2ccccc2)C1. The van der Waals surface area contributed by atoms with Crippen LogP contribution in [0.1, 0.15) is 12.8 Å². The normalized spacial score (nSPS) is 18.5. The Hall–Kier alpha value is -1.96. The number of alkyl halides is 3. The van der Waals surface area contributed by atoms with Crippen molar-refractivity contribution in [2.45, 2.75) is 25.1 Å². The highest BCUT2D eigenvalue weighted by atomic mass is 19.4. The van der Waals surface area contributed by atoms with Gasteiger partial charge in [-0.25, -0.2) is 0 Å².